The fourth-order valence-corrected chi connectivity index (χ4v) is 1.41. The number of unbranched alkanes of at least 4 members (excludes halogenated alkanes) is 1. The van der Waals surface area contributed by atoms with E-state index in [1.165, 1.54) is 0 Å². The van der Waals surface area contributed by atoms with Crippen molar-refractivity contribution in [2.45, 2.75) is 33.1 Å². The maximum atomic E-state index is 5.80. The number of anilines is 1. The van der Waals surface area contributed by atoms with Gasteiger partial charge in [-0.15, -0.1) is 0 Å². The molecule has 1 aromatic heterocycles. The Labute approximate surface area is 118 Å². The van der Waals surface area contributed by atoms with Crippen molar-refractivity contribution in [3.05, 3.63) is 5.28 Å². The van der Waals surface area contributed by atoms with E-state index in [-0.39, 0.29) is 11.3 Å². The minimum Gasteiger partial charge on any atom is -0.461 e. The highest BCUT2D eigenvalue weighted by molar-refractivity contribution is 6.28. The Hall–Kier alpha value is -1.14. The highest BCUT2D eigenvalue weighted by Gasteiger charge is 2.05. The standard InChI is InChI=1S/C12H21ClN4O2/c1-3-5-7-18-8-9-19-12-16-10(13)15-11(17-12)14-6-4-2/h3-9H2,1-2H3,(H,14,15,16,17). The smallest absolute Gasteiger partial charge is 0.322 e. The van der Waals surface area contributed by atoms with Crippen LogP contribution in [0.25, 0.3) is 0 Å². The summed E-state index contributed by atoms with van der Waals surface area (Å²) in [6.07, 6.45) is 3.16. The molecule has 1 heterocycles. The lowest BCUT2D eigenvalue weighted by Gasteiger charge is -2.07. The molecule has 0 radical (unpaired) electrons. The minimum absolute atomic E-state index is 0.121. The average Bonchev–Trinajstić information content (AvgIpc) is 2.40. The van der Waals surface area contributed by atoms with Gasteiger partial charge in [0.2, 0.25) is 11.2 Å². The monoisotopic (exact) mass is 288 g/mol. The predicted molar refractivity (Wildman–Crippen MR) is 74.8 cm³/mol. The van der Waals surface area contributed by atoms with Crippen molar-refractivity contribution < 1.29 is 9.47 Å². The molecule has 19 heavy (non-hydrogen) atoms. The molecule has 0 aliphatic heterocycles. The first kappa shape index (κ1) is 15.9. The van der Waals surface area contributed by atoms with Crippen LogP contribution in [0.2, 0.25) is 5.28 Å². The van der Waals surface area contributed by atoms with Crippen LogP contribution in [0.15, 0.2) is 0 Å². The van der Waals surface area contributed by atoms with Crippen molar-refractivity contribution in [2.75, 3.05) is 31.7 Å². The zero-order chi connectivity index (χ0) is 13.9. The molecule has 7 heteroatoms. The second-order valence-corrected chi connectivity index (χ2v) is 4.29. The molecule has 0 aliphatic carbocycles. The summed E-state index contributed by atoms with van der Waals surface area (Å²) in [5.41, 5.74) is 0. The molecule has 0 amide bonds. The number of hydrogen-bond donors (Lipinski definition) is 1. The topological polar surface area (TPSA) is 69.2 Å². The summed E-state index contributed by atoms with van der Waals surface area (Å²) < 4.78 is 10.8. The minimum atomic E-state index is 0.121. The third kappa shape index (κ3) is 7.12. The first-order valence-corrected chi connectivity index (χ1v) is 7.00. The summed E-state index contributed by atoms with van der Waals surface area (Å²) in [6, 6.07) is 0.220. The van der Waals surface area contributed by atoms with Gasteiger partial charge in [0.1, 0.15) is 6.61 Å². The van der Waals surface area contributed by atoms with Crippen LogP contribution in [0.4, 0.5) is 5.95 Å². The van der Waals surface area contributed by atoms with E-state index in [4.69, 9.17) is 21.1 Å². The maximum absolute atomic E-state index is 5.80. The number of halogens is 1. The van der Waals surface area contributed by atoms with E-state index >= 15 is 0 Å². The molecule has 0 atom stereocenters. The summed E-state index contributed by atoms with van der Waals surface area (Å²) in [6.45, 7) is 6.62. The molecule has 0 bridgehead atoms. The van der Waals surface area contributed by atoms with E-state index in [2.05, 4.69) is 34.1 Å². The van der Waals surface area contributed by atoms with Crippen LogP contribution in [0.3, 0.4) is 0 Å². The molecule has 0 fully saturated rings. The fourth-order valence-electron chi connectivity index (χ4n) is 1.25. The largest absolute Gasteiger partial charge is 0.461 e. The van der Waals surface area contributed by atoms with E-state index in [0.29, 0.717) is 19.2 Å². The highest BCUT2D eigenvalue weighted by Crippen LogP contribution is 2.11. The van der Waals surface area contributed by atoms with Crippen molar-refractivity contribution in [2.24, 2.45) is 0 Å². The van der Waals surface area contributed by atoms with E-state index in [1.54, 1.807) is 0 Å². The molecule has 0 aromatic carbocycles. The van der Waals surface area contributed by atoms with Gasteiger partial charge in [-0.2, -0.15) is 15.0 Å². The van der Waals surface area contributed by atoms with Crippen LogP contribution in [0.5, 0.6) is 6.01 Å². The van der Waals surface area contributed by atoms with Gasteiger partial charge in [-0.3, -0.25) is 0 Å². The number of hydrogen-bond acceptors (Lipinski definition) is 6. The summed E-state index contributed by atoms with van der Waals surface area (Å²) in [5, 5.41) is 3.16. The van der Waals surface area contributed by atoms with Gasteiger partial charge in [0.25, 0.3) is 0 Å². The Bertz CT molecular complexity index is 366. The van der Waals surface area contributed by atoms with E-state index < -0.39 is 0 Å². The predicted octanol–water partition coefficient (Wildman–Crippen LogP) is 2.54. The number of ether oxygens (including phenoxy) is 2. The number of rotatable bonds is 10. The second-order valence-electron chi connectivity index (χ2n) is 3.95. The van der Waals surface area contributed by atoms with Crippen LogP contribution in [0.1, 0.15) is 33.1 Å². The third-order valence-electron chi connectivity index (χ3n) is 2.22. The zero-order valence-corrected chi connectivity index (χ0v) is 12.2. The highest BCUT2D eigenvalue weighted by atomic mass is 35.5. The van der Waals surface area contributed by atoms with E-state index in [9.17, 15) is 0 Å². The van der Waals surface area contributed by atoms with Gasteiger partial charge >= 0.3 is 6.01 Å². The van der Waals surface area contributed by atoms with Gasteiger partial charge < -0.3 is 14.8 Å². The lowest BCUT2D eigenvalue weighted by Crippen LogP contribution is -2.11. The van der Waals surface area contributed by atoms with Crippen LogP contribution >= 0.6 is 11.6 Å². The summed E-state index contributed by atoms with van der Waals surface area (Å²) in [7, 11) is 0. The number of nitrogens with one attached hydrogen (secondary N) is 1. The van der Waals surface area contributed by atoms with Gasteiger partial charge in [0.15, 0.2) is 0 Å². The van der Waals surface area contributed by atoms with Gasteiger partial charge in [0.05, 0.1) is 6.61 Å². The maximum Gasteiger partial charge on any atom is 0.322 e. The number of aromatic nitrogens is 3. The van der Waals surface area contributed by atoms with Crippen molar-refractivity contribution in [1.82, 2.24) is 15.0 Å². The number of nitrogens with zero attached hydrogens (tertiary/aromatic N) is 3. The van der Waals surface area contributed by atoms with Gasteiger partial charge in [-0.1, -0.05) is 20.3 Å². The first-order valence-electron chi connectivity index (χ1n) is 6.62. The summed E-state index contributed by atoms with van der Waals surface area (Å²) in [5.74, 6) is 0.434. The normalized spacial score (nSPS) is 10.5. The second kappa shape index (κ2) is 9.75. The molecule has 6 nitrogen and oxygen atoms in total. The Morgan fingerprint density at radius 3 is 2.63 bits per heavy atom. The molecule has 0 aliphatic rings. The molecular formula is C12H21ClN4O2. The van der Waals surface area contributed by atoms with Crippen molar-refractivity contribution >= 4 is 17.5 Å². The Morgan fingerprint density at radius 2 is 1.89 bits per heavy atom. The Kier molecular flexibility index (Phi) is 8.16. The molecule has 1 aromatic rings. The summed E-state index contributed by atoms with van der Waals surface area (Å²) >= 11 is 5.80. The Balaban J connectivity index is 2.34. The fraction of sp³-hybridized carbons (Fsp3) is 0.750. The van der Waals surface area contributed by atoms with E-state index in [0.717, 1.165) is 32.4 Å². The molecule has 1 N–H and O–H groups in total. The lowest BCUT2D eigenvalue weighted by atomic mass is 10.4. The lowest BCUT2D eigenvalue weighted by molar-refractivity contribution is 0.0947. The van der Waals surface area contributed by atoms with E-state index in [1.807, 2.05) is 0 Å². The van der Waals surface area contributed by atoms with Gasteiger partial charge in [-0.25, -0.2) is 0 Å². The Morgan fingerprint density at radius 1 is 1.05 bits per heavy atom. The quantitative estimate of drug-likeness (QED) is 0.667. The van der Waals surface area contributed by atoms with Crippen molar-refractivity contribution in [3.63, 3.8) is 0 Å². The van der Waals surface area contributed by atoms with Crippen molar-refractivity contribution in [1.29, 1.82) is 0 Å². The molecule has 1 rings (SSSR count). The van der Waals surface area contributed by atoms with Crippen LogP contribution in [0, 0.1) is 0 Å². The van der Waals surface area contributed by atoms with Crippen LogP contribution in [-0.2, 0) is 4.74 Å². The van der Waals surface area contributed by atoms with Gasteiger partial charge in [-0.05, 0) is 24.4 Å². The molecule has 108 valence electrons. The molecule has 0 unspecified atom stereocenters. The summed E-state index contributed by atoms with van der Waals surface area (Å²) in [4.78, 5) is 12.0. The zero-order valence-electron chi connectivity index (χ0n) is 11.5. The molecule has 0 spiro atoms. The molecule has 0 saturated carbocycles. The molecular weight excluding hydrogens is 268 g/mol. The first-order chi connectivity index (χ1) is 9.26. The molecule has 0 saturated heterocycles. The van der Waals surface area contributed by atoms with Crippen LogP contribution in [-0.4, -0.2) is 41.3 Å². The third-order valence-corrected chi connectivity index (χ3v) is 2.39. The SMILES string of the molecule is CCCCOCCOc1nc(Cl)nc(NCCC)n1. The average molecular weight is 289 g/mol. The van der Waals surface area contributed by atoms with Crippen molar-refractivity contribution in [3.8, 4) is 6.01 Å². The van der Waals surface area contributed by atoms with Crippen LogP contribution < -0.4 is 10.1 Å². The van der Waals surface area contributed by atoms with Gasteiger partial charge in [0, 0.05) is 13.2 Å².